The molecule has 5 nitrogen and oxygen atoms in total. The van der Waals surface area contributed by atoms with Crippen LogP contribution in [0.4, 0.5) is 0 Å². The average molecular weight is 321 g/mol. The lowest BCUT2D eigenvalue weighted by molar-refractivity contribution is -0.123. The van der Waals surface area contributed by atoms with Gasteiger partial charge in [-0.15, -0.1) is 0 Å². The Labute approximate surface area is 140 Å². The Morgan fingerprint density at radius 3 is 2.58 bits per heavy atom. The minimum atomic E-state index is -0.148. The molecule has 1 amide bonds. The Morgan fingerprint density at radius 1 is 1.17 bits per heavy atom. The number of rotatable bonds is 6. The number of hydrogen-bond donors (Lipinski definition) is 1. The monoisotopic (exact) mass is 321 g/mol. The molecule has 0 saturated carbocycles. The van der Waals surface area contributed by atoms with Crippen molar-refractivity contribution in [2.75, 3.05) is 6.61 Å². The number of benzene rings is 2. The van der Waals surface area contributed by atoms with E-state index in [1.165, 1.54) is 0 Å². The van der Waals surface area contributed by atoms with Gasteiger partial charge in [0.25, 0.3) is 5.91 Å². The predicted molar refractivity (Wildman–Crippen MR) is 92.1 cm³/mol. The fourth-order valence-corrected chi connectivity index (χ4v) is 2.38. The van der Waals surface area contributed by atoms with Crippen LogP contribution in [0.25, 0.3) is 5.69 Å². The highest BCUT2D eigenvalue weighted by Gasteiger charge is 2.10. The number of aromatic nitrogens is 2. The molecule has 5 heteroatoms. The maximum absolute atomic E-state index is 12.0. The first-order valence-corrected chi connectivity index (χ1v) is 7.78. The van der Waals surface area contributed by atoms with Gasteiger partial charge in [-0.25, -0.2) is 4.98 Å². The van der Waals surface area contributed by atoms with Gasteiger partial charge in [0.15, 0.2) is 6.61 Å². The van der Waals surface area contributed by atoms with Crippen LogP contribution in [-0.4, -0.2) is 22.1 Å². The molecule has 0 bridgehead atoms. The Balaban J connectivity index is 1.54. The average Bonchev–Trinajstić information content (AvgIpc) is 3.16. The van der Waals surface area contributed by atoms with E-state index in [0.717, 1.165) is 11.3 Å². The van der Waals surface area contributed by atoms with Crippen LogP contribution in [-0.2, 0) is 4.79 Å². The summed E-state index contributed by atoms with van der Waals surface area (Å²) in [6.45, 7) is 1.95. The van der Waals surface area contributed by atoms with Gasteiger partial charge in [0.2, 0.25) is 0 Å². The highest BCUT2D eigenvalue weighted by atomic mass is 16.5. The van der Waals surface area contributed by atoms with Crippen molar-refractivity contribution in [2.45, 2.75) is 13.0 Å². The third-order valence-electron chi connectivity index (χ3n) is 3.69. The van der Waals surface area contributed by atoms with E-state index in [1.54, 1.807) is 12.5 Å². The zero-order chi connectivity index (χ0) is 16.8. The molecule has 3 aromatic rings. The van der Waals surface area contributed by atoms with Crippen LogP contribution in [0.2, 0.25) is 0 Å². The van der Waals surface area contributed by atoms with Crippen LogP contribution in [0.15, 0.2) is 73.3 Å². The zero-order valence-electron chi connectivity index (χ0n) is 13.4. The van der Waals surface area contributed by atoms with E-state index < -0.39 is 0 Å². The summed E-state index contributed by atoms with van der Waals surface area (Å²) in [6.07, 6.45) is 5.38. The molecule has 1 N–H and O–H groups in total. The van der Waals surface area contributed by atoms with Crippen molar-refractivity contribution in [3.8, 4) is 11.4 Å². The van der Waals surface area contributed by atoms with Gasteiger partial charge in [-0.1, -0.05) is 30.3 Å². The molecule has 1 atom stereocenters. The Hall–Kier alpha value is -3.08. The second-order valence-corrected chi connectivity index (χ2v) is 5.45. The number of imidazole rings is 1. The van der Waals surface area contributed by atoms with Crippen LogP contribution < -0.4 is 10.1 Å². The van der Waals surface area contributed by atoms with Gasteiger partial charge in [0.05, 0.1) is 12.4 Å². The first-order valence-electron chi connectivity index (χ1n) is 7.78. The summed E-state index contributed by atoms with van der Waals surface area (Å²) in [5, 5.41) is 2.94. The topological polar surface area (TPSA) is 56.1 Å². The Morgan fingerprint density at radius 2 is 1.92 bits per heavy atom. The largest absolute Gasteiger partial charge is 0.484 e. The maximum Gasteiger partial charge on any atom is 0.258 e. The van der Waals surface area contributed by atoms with Crippen LogP contribution in [0, 0.1) is 0 Å². The van der Waals surface area contributed by atoms with E-state index in [-0.39, 0.29) is 18.6 Å². The second kappa shape index (κ2) is 7.46. The van der Waals surface area contributed by atoms with Crippen LogP contribution in [0.5, 0.6) is 5.75 Å². The van der Waals surface area contributed by atoms with Crippen molar-refractivity contribution in [3.05, 3.63) is 78.9 Å². The van der Waals surface area contributed by atoms with Gasteiger partial charge < -0.3 is 14.6 Å². The summed E-state index contributed by atoms with van der Waals surface area (Å²) in [5.41, 5.74) is 2.06. The molecule has 1 heterocycles. The highest BCUT2D eigenvalue weighted by molar-refractivity contribution is 5.78. The van der Waals surface area contributed by atoms with Gasteiger partial charge >= 0.3 is 0 Å². The van der Waals surface area contributed by atoms with E-state index in [0.29, 0.717) is 5.75 Å². The molecule has 24 heavy (non-hydrogen) atoms. The van der Waals surface area contributed by atoms with E-state index in [1.807, 2.05) is 72.3 Å². The molecule has 0 spiro atoms. The fourth-order valence-electron chi connectivity index (χ4n) is 2.38. The highest BCUT2D eigenvalue weighted by Crippen LogP contribution is 2.16. The van der Waals surface area contributed by atoms with Gasteiger partial charge in [-0.05, 0) is 36.8 Å². The molecule has 122 valence electrons. The van der Waals surface area contributed by atoms with E-state index >= 15 is 0 Å². The van der Waals surface area contributed by atoms with E-state index in [9.17, 15) is 4.79 Å². The Bertz CT molecular complexity index is 768. The number of ether oxygens (including phenoxy) is 1. The molecule has 3 rings (SSSR count). The molecule has 0 fully saturated rings. The third-order valence-corrected chi connectivity index (χ3v) is 3.69. The molecule has 2 aromatic carbocycles. The summed E-state index contributed by atoms with van der Waals surface area (Å²) in [6, 6.07) is 17.2. The molecule has 1 aromatic heterocycles. The van der Waals surface area contributed by atoms with Gasteiger partial charge in [0, 0.05) is 18.1 Å². The summed E-state index contributed by atoms with van der Waals surface area (Å²) >= 11 is 0. The SMILES string of the molecule is CC(NC(=O)COc1ccccc1)c1ccc(-n2ccnc2)cc1. The summed E-state index contributed by atoms with van der Waals surface area (Å²) in [4.78, 5) is 16.0. The van der Waals surface area contributed by atoms with Gasteiger partial charge in [-0.3, -0.25) is 4.79 Å². The first-order chi connectivity index (χ1) is 11.7. The lowest BCUT2D eigenvalue weighted by Gasteiger charge is -2.15. The van der Waals surface area contributed by atoms with Crippen LogP contribution in [0.1, 0.15) is 18.5 Å². The summed E-state index contributed by atoms with van der Waals surface area (Å²) < 4.78 is 7.38. The predicted octanol–water partition coefficient (Wildman–Crippen LogP) is 3.13. The minimum Gasteiger partial charge on any atom is -0.484 e. The molecule has 0 aliphatic heterocycles. The number of hydrogen-bond acceptors (Lipinski definition) is 3. The molecule has 0 saturated heterocycles. The molecular weight excluding hydrogens is 302 g/mol. The van der Waals surface area contributed by atoms with Crippen molar-refractivity contribution in [2.24, 2.45) is 0 Å². The maximum atomic E-state index is 12.0. The number of amides is 1. The smallest absolute Gasteiger partial charge is 0.258 e. The number of nitrogens with zero attached hydrogens (tertiary/aromatic N) is 2. The minimum absolute atomic E-state index is 0.00146. The molecule has 0 aliphatic rings. The van der Waals surface area contributed by atoms with Gasteiger partial charge in [0.1, 0.15) is 5.75 Å². The quantitative estimate of drug-likeness (QED) is 0.759. The lowest BCUT2D eigenvalue weighted by Crippen LogP contribution is -2.31. The Kier molecular flexibility index (Phi) is 4.91. The first kappa shape index (κ1) is 15.8. The van der Waals surface area contributed by atoms with E-state index in [4.69, 9.17) is 4.74 Å². The standard InChI is InChI=1S/C19H19N3O2/c1-15(21-19(23)13-24-18-5-3-2-4-6-18)16-7-9-17(10-8-16)22-12-11-20-14-22/h2-12,14-15H,13H2,1H3,(H,21,23). The molecule has 0 aliphatic carbocycles. The number of carbonyl (C=O) groups is 1. The molecule has 0 radical (unpaired) electrons. The van der Waals surface area contributed by atoms with Crippen molar-refractivity contribution in [1.82, 2.24) is 14.9 Å². The normalized spacial score (nSPS) is 11.7. The van der Waals surface area contributed by atoms with Crippen LogP contribution >= 0.6 is 0 Å². The van der Waals surface area contributed by atoms with Crippen molar-refractivity contribution in [3.63, 3.8) is 0 Å². The molecule has 1 unspecified atom stereocenters. The fraction of sp³-hybridized carbons (Fsp3) is 0.158. The van der Waals surface area contributed by atoms with Crippen molar-refractivity contribution in [1.29, 1.82) is 0 Å². The third kappa shape index (κ3) is 4.01. The van der Waals surface area contributed by atoms with Gasteiger partial charge in [-0.2, -0.15) is 0 Å². The summed E-state index contributed by atoms with van der Waals surface area (Å²) in [5.74, 6) is 0.537. The van der Waals surface area contributed by atoms with E-state index in [2.05, 4.69) is 10.3 Å². The zero-order valence-corrected chi connectivity index (χ0v) is 13.4. The lowest BCUT2D eigenvalue weighted by atomic mass is 10.1. The molecular formula is C19H19N3O2. The number of carbonyl (C=O) groups excluding carboxylic acids is 1. The van der Waals surface area contributed by atoms with Crippen molar-refractivity contribution < 1.29 is 9.53 Å². The summed E-state index contributed by atoms with van der Waals surface area (Å²) in [7, 11) is 0. The number of para-hydroxylation sites is 1. The van der Waals surface area contributed by atoms with Crippen LogP contribution in [0.3, 0.4) is 0 Å². The van der Waals surface area contributed by atoms with Crippen molar-refractivity contribution >= 4 is 5.91 Å². The second-order valence-electron chi connectivity index (χ2n) is 5.45. The number of nitrogens with one attached hydrogen (secondary N) is 1.